The molecule has 0 bridgehead atoms. The predicted octanol–water partition coefficient (Wildman–Crippen LogP) is 1.64. The van der Waals surface area contributed by atoms with Crippen molar-refractivity contribution in [2.24, 2.45) is 5.92 Å². The Kier molecular flexibility index (Phi) is 3.97. The van der Waals surface area contributed by atoms with Gasteiger partial charge >= 0.3 is 0 Å². The molecule has 2 rings (SSSR count). The maximum Gasteiger partial charge on any atom is 0.144 e. The number of hydrogen-bond acceptors (Lipinski definition) is 4. The Hall–Kier alpha value is -0.710. The van der Waals surface area contributed by atoms with Crippen molar-refractivity contribution in [1.29, 1.82) is 0 Å². The molecule has 1 heterocycles. The Labute approximate surface area is 107 Å². The first-order chi connectivity index (χ1) is 8.02. The molecule has 0 aromatic carbocycles. The van der Waals surface area contributed by atoms with Gasteiger partial charge in [-0.3, -0.25) is 4.90 Å². The molecule has 0 amide bonds. The minimum Gasteiger partial charge on any atom is -0.393 e. The SMILES string of the molecule is Cc1cc(Cl)nc(CN(C)CC2CC(O)C2)n1. The average Bonchev–Trinajstić information content (AvgIpc) is 2.13. The summed E-state index contributed by atoms with van der Waals surface area (Å²) in [5.74, 6) is 1.37. The van der Waals surface area contributed by atoms with Gasteiger partial charge < -0.3 is 5.11 Å². The minimum atomic E-state index is -0.0851. The van der Waals surface area contributed by atoms with Crippen molar-refractivity contribution in [1.82, 2.24) is 14.9 Å². The quantitative estimate of drug-likeness (QED) is 0.831. The minimum absolute atomic E-state index is 0.0851. The number of hydrogen-bond donors (Lipinski definition) is 1. The molecule has 1 aromatic heterocycles. The summed E-state index contributed by atoms with van der Waals surface area (Å²) in [6.07, 6.45) is 1.75. The lowest BCUT2D eigenvalue weighted by atomic mass is 9.82. The Morgan fingerprint density at radius 3 is 2.76 bits per heavy atom. The fourth-order valence-electron chi connectivity index (χ4n) is 2.26. The van der Waals surface area contributed by atoms with E-state index in [0.717, 1.165) is 30.9 Å². The van der Waals surface area contributed by atoms with Gasteiger partial charge in [0.05, 0.1) is 12.6 Å². The second kappa shape index (κ2) is 5.29. The smallest absolute Gasteiger partial charge is 0.144 e. The summed E-state index contributed by atoms with van der Waals surface area (Å²) in [6.45, 7) is 3.60. The van der Waals surface area contributed by atoms with E-state index in [0.29, 0.717) is 17.6 Å². The van der Waals surface area contributed by atoms with Crippen molar-refractivity contribution in [2.75, 3.05) is 13.6 Å². The molecule has 17 heavy (non-hydrogen) atoms. The van der Waals surface area contributed by atoms with Crippen LogP contribution in [0.1, 0.15) is 24.4 Å². The standard InChI is InChI=1S/C12H18ClN3O/c1-8-3-11(13)15-12(14-8)7-16(2)6-9-4-10(17)5-9/h3,9-10,17H,4-7H2,1-2H3. The first-order valence-electron chi connectivity index (χ1n) is 5.89. The number of aliphatic hydroxyl groups excluding tert-OH is 1. The number of aliphatic hydroxyl groups is 1. The second-order valence-corrected chi connectivity index (χ2v) is 5.32. The average molecular weight is 256 g/mol. The number of rotatable bonds is 4. The normalized spacial score (nSPS) is 23.8. The van der Waals surface area contributed by atoms with Crippen molar-refractivity contribution in [3.8, 4) is 0 Å². The number of halogens is 1. The van der Waals surface area contributed by atoms with Crippen LogP contribution in [0.2, 0.25) is 5.15 Å². The van der Waals surface area contributed by atoms with Crippen molar-refractivity contribution >= 4 is 11.6 Å². The van der Waals surface area contributed by atoms with Gasteiger partial charge in [0.1, 0.15) is 11.0 Å². The molecule has 0 unspecified atom stereocenters. The maximum atomic E-state index is 9.23. The van der Waals surface area contributed by atoms with E-state index in [4.69, 9.17) is 11.6 Å². The molecule has 0 saturated heterocycles. The molecule has 94 valence electrons. The fourth-order valence-corrected chi connectivity index (χ4v) is 2.51. The van der Waals surface area contributed by atoms with Crippen LogP contribution in [0.15, 0.2) is 6.07 Å². The third-order valence-corrected chi connectivity index (χ3v) is 3.25. The molecule has 1 aliphatic carbocycles. The number of nitrogens with zero attached hydrogens (tertiary/aromatic N) is 3. The molecule has 1 aliphatic rings. The molecule has 1 N–H and O–H groups in total. The van der Waals surface area contributed by atoms with Crippen LogP contribution in [0, 0.1) is 12.8 Å². The first-order valence-corrected chi connectivity index (χ1v) is 6.27. The lowest BCUT2D eigenvalue weighted by molar-refractivity contribution is 0.0271. The van der Waals surface area contributed by atoms with Gasteiger partial charge in [0.2, 0.25) is 0 Å². The summed E-state index contributed by atoms with van der Waals surface area (Å²) >= 11 is 5.89. The Bertz CT molecular complexity index is 373. The molecule has 1 aromatic rings. The summed E-state index contributed by atoms with van der Waals surface area (Å²) in [7, 11) is 2.05. The third kappa shape index (κ3) is 3.63. The highest BCUT2D eigenvalue weighted by Gasteiger charge is 2.27. The zero-order valence-electron chi connectivity index (χ0n) is 10.2. The number of aryl methyl sites for hydroxylation is 1. The summed E-state index contributed by atoms with van der Waals surface area (Å²) in [5.41, 5.74) is 0.896. The van der Waals surface area contributed by atoms with Gasteiger partial charge in [-0.05, 0) is 38.8 Å². The molecular weight excluding hydrogens is 238 g/mol. The van der Waals surface area contributed by atoms with Crippen molar-refractivity contribution in [2.45, 2.75) is 32.4 Å². The van der Waals surface area contributed by atoms with Crippen molar-refractivity contribution in [3.63, 3.8) is 0 Å². The lowest BCUT2D eigenvalue weighted by Gasteiger charge is -2.34. The van der Waals surface area contributed by atoms with Gasteiger partial charge in [0.25, 0.3) is 0 Å². The topological polar surface area (TPSA) is 49.2 Å². The van der Waals surface area contributed by atoms with E-state index in [1.165, 1.54) is 0 Å². The van der Waals surface area contributed by atoms with E-state index >= 15 is 0 Å². The zero-order valence-corrected chi connectivity index (χ0v) is 11.0. The van der Waals surface area contributed by atoms with Crippen LogP contribution >= 0.6 is 11.6 Å². The van der Waals surface area contributed by atoms with Gasteiger partial charge in [-0.15, -0.1) is 0 Å². The van der Waals surface area contributed by atoms with Gasteiger partial charge in [0.15, 0.2) is 0 Å². The Morgan fingerprint density at radius 2 is 2.18 bits per heavy atom. The highest BCUT2D eigenvalue weighted by Crippen LogP contribution is 2.27. The predicted molar refractivity (Wildman–Crippen MR) is 66.8 cm³/mol. The fraction of sp³-hybridized carbons (Fsp3) is 0.667. The van der Waals surface area contributed by atoms with Crippen LogP contribution in [-0.2, 0) is 6.54 Å². The van der Waals surface area contributed by atoms with E-state index in [1.807, 2.05) is 14.0 Å². The van der Waals surface area contributed by atoms with Crippen LogP contribution in [0.3, 0.4) is 0 Å². The molecule has 4 nitrogen and oxygen atoms in total. The van der Waals surface area contributed by atoms with Gasteiger partial charge in [-0.1, -0.05) is 11.6 Å². The van der Waals surface area contributed by atoms with E-state index in [-0.39, 0.29) is 6.10 Å². The summed E-state index contributed by atoms with van der Waals surface area (Å²) < 4.78 is 0. The van der Waals surface area contributed by atoms with E-state index in [2.05, 4.69) is 14.9 Å². The Balaban J connectivity index is 1.86. The van der Waals surface area contributed by atoms with Crippen LogP contribution in [0.25, 0.3) is 0 Å². The van der Waals surface area contributed by atoms with E-state index in [1.54, 1.807) is 6.07 Å². The summed E-state index contributed by atoms with van der Waals surface area (Å²) in [6, 6.07) is 1.76. The highest BCUT2D eigenvalue weighted by molar-refractivity contribution is 6.29. The molecule has 0 aliphatic heterocycles. The monoisotopic (exact) mass is 255 g/mol. The zero-order chi connectivity index (χ0) is 12.4. The highest BCUT2D eigenvalue weighted by atomic mass is 35.5. The maximum absolute atomic E-state index is 9.23. The third-order valence-electron chi connectivity index (χ3n) is 3.06. The van der Waals surface area contributed by atoms with Crippen molar-refractivity contribution in [3.05, 3.63) is 22.7 Å². The molecular formula is C12H18ClN3O. The first kappa shape index (κ1) is 12.7. The molecule has 1 fully saturated rings. The molecule has 0 spiro atoms. The van der Waals surface area contributed by atoms with Gasteiger partial charge in [-0.2, -0.15) is 0 Å². The van der Waals surface area contributed by atoms with E-state index in [9.17, 15) is 5.11 Å². The van der Waals surface area contributed by atoms with Crippen LogP contribution < -0.4 is 0 Å². The van der Waals surface area contributed by atoms with Crippen molar-refractivity contribution < 1.29 is 5.11 Å². The van der Waals surface area contributed by atoms with Crippen LogP contribution in [0.5, 0.6) is 0 Å². The van der Waals surface area contributed by atoms with E-state index < -0.39 is 0 Å². The number of aromatic nitrogens is 2. The largest absolute Gasteiger partial charge is 0.393 e. The van der Waals surface area contributed by atoms with Crippen LogP contribution in [-0.4, -0.2) is 39.7 Å². The van der Waals surface area contributed by atoms with Gasteiger partial charge in [0, 0.05) is 12.2 Å². The molecule has 0 radical (unpaired) electrons. The molecule has 5 heteroatoms. The lowest BCUT2D eigenvalue weighted by Crippen LogP contribution is -2.37. The Morgan fingerprint density at radius 1 is 1.47 bits per heavy atom. The second-order valence-electron chi connectivity index (χ2n) is 4.94. The molecule has 1 saturated carbocycles. The summed E-state index contributed by atoms with van der Waals surface area (Å²) in [4.78, 5) is 10.7. The van der Waals surface area contributed by atoms with Gasteiger partial charge in [-0.25, -0.2) is 9.97 Å². The summed E-state index contributed by atoms with van der Waals surface area (Å²) in [5, 5.41) is 9.73. The van der Waals surface area contributed by atoms with Crippen LogP contribution in [0.4, 0.5) is 0 Å². The molecule has 0 atom stereocenters.